The van der Waals surface area contributed by atoms with E-state index < -0.39 is 6.10 Å². The van der Waals surface area contributed by atoms with Crippen LogP contribution in [0.1, 0.15) is 51.7 Å². The first kappa shape index (κ1) is 14.9. The van der Waals surface area contributed by atoms with Crippen molar-refractivity contribution in [2.24, 2.45) is 0 Å². The number of aliphatic hydroxyl groups is 1. The number of benzene rings is 1. The predicted molar refractivity (Wildman–Crippen MR) is 80.7 cm³/mol. The van der Waals surface area contributed by atoms with E-state index in [-0.39, 0.29) is 18.1 Å². The largest absolute Gasteiger partial charge is 0.389 e. The van der Waals surface area contributed by atoms with E-state index >= 15 is 0 Å². The van der Waals surface area contributed by atoms with Crippen LogP contribution in [0.5, 0.6) is 0 Å². The van der Waals surface area contributed by atoms with Crippen LogP contribution in [0.3, 0.4) is 0 Å². The monoisotopic (exact) mass is 276 g/mol. The van der Waals surface area contributed by atoms with Crippen LogP contribution in [-0.4, -0.2) is 28.1 Å². The quantitative estimate of drug-likeness (QED) is 0.868. The molecule has 4 nitrogen and oxygen atoms in total. The Morgan fingerprint density at radius 3 is 2.30 bits per heavy atom. The highest BCUT2D eigenvalue weighted by Crippen LogP contribution is 2.24. The molecule has 1 heterocycles. The molecule has 2 N–H and O–H groups in total. The zero-order valence-electron chi connectivity index (χ0n) is 12.5. The molecule has 2 amide bonds. The van der Waals surface area contributed by atoms with E-state index in [1.54, 1.807) is 6.92 Å². The van der Waals surface area contributed by atoms with Crippen molar-refractivity contribution in [3.8, 4) is 0 Å². The molecule has 0 spiro atoms. The van der Waals surface area contributed by atoms with E-state index in [1.165, 1.54) is 6.42 Å². The maximum absolute atomic E-state index is 12.4. The van der Waals surface area contributed by atoms with Gasteiger partial charge < -0.3 is 15.3 Å². The number of anilines is 1. The molecule has 0 saturated carbocycles. The Balaban J connectivity index is 2.03. The number of piperidine rings is 1. The van der Waals surface area contributed by atoms with Crippen molar-refractivity contribution in [3.63, 3.8) is 0 Å². The number of aliphatic hydroxyl groups excluding tert-OH is 1. The summed E-state index contributed by atoms with van der Waals surface area (Å²) < 4.78 is 0. The van der Waals surface area contributed by atoms with Gasteiger partial charge in [-0.1, -0.05) is 12.1 Å². The Bertz CT molecular complexity index is 446. The molecular formula is C16H24N2O2. The summed E-state index contributed by atoms with van der Waals surface area (Å²) in [5.74, 6) is 0. The lowest BCUT2D eigenvalue weighted by Gasteiger charge is -2.38. The second kappa shape index (κ2) is 6.27. The third-order valence-electron chi connectivity index (χ3n) is 4.07. The van der Waals surface area contributed by atoms with Crippen LogP contribution in [0.4, 0.5) is 10.5 Å². The van der Waals surface area contributed by atoms with Gasteiger partial charge in [0, 0.05) is 17.8 Å². The van der Waals surface area contributed by atoms with Crippen LogP contribution in [0.2, 0.25) is 0 Å². The average Bonchev–Trinajstić information content (AvgIpc) is 2.39. The van der Waals surface area contributed by atoms with Crippen LogP contribution in [0, 0.1) is 0 Å². The molecule has 2 rings (SSSR count). The lowest BCUT2D eigenvalue weighted by atomic mass is 9.98. The van der Waals surface area contributed by atoms with Gasteiger partial charge in [0.05, 0.1) is 6.10 Å². The number of nitrogens with zero attached hydrogens (tertiary/aromatic N) is 1. The van der Waals surface area contributed by atoms with Crippen LogP contribution in [0.25, 0.3) is 0 Å². The van der Waals surface area contributed by atoms with Crippen molar-refractivity contribution in [1.29, 1.82) is 0 Å². The van der Waals surface area contributed by atoms with Crippen LogP contribution >= 0.6 is 0 Å². The second-order valence-electron chi connectivity index (χ2n) is 5.76. The first-order valence-electron chi connectivity index (χ1n) is 7.36. The third kappa shape index (κ3) is 3.31. The molecule has 0 bridgehead atoms. The Morgan fingerprint density at radius 2 is 1.80 bits per heavy atom. The summed E-state index contributed by atoms with van der Waals surface area (Å²) in [6.07, 6.45) is 2.84. The normalized spacial score (nSPS) is 24.3. The summed E-state index contributed by atoms with van der Waals surface area (Å²) in [4.78, 5) is 14.3. The topological polar surface area (TPSA) is 52.6 Å². The number of carbonyl (C=O) groups excluding carboxylic acids is 1. The molecule has 0 aliphatic carbocycles. The standard InChI is InChI=1S/C16H24N2O2/c1-11-5-4-6-12(2)18(11)16(20)17-15-9-7-14(8-10-15)13(3)19/h7-13,19H,4-6H2,1-3H3,(H,17,20). The van der Waals surface area contributed by atoms with Gasteiger partial charge in [0.25, 0.3) is 0 Å². The average molecular weight is 276 g/mol. The number of hydrogen-bond donors (Lipinski definition) is 2. The van der Waals surface area contributed by atoms with E-state index in [1.807, 2.05) is 29.2 Å². The Labute approximate surface area is 120 Å². The third-order valence-corrected chi connectivity index (χ3v) is 4.07. The Kier molecular flexibility index (Phi) is 4.65. The van der Waals surface area contributed by atoms with Gasteiger partial charge in [-0.05, 0) is 57.7 Å². The first-order valence-corrected chi connectivity index (χ1v) is 7.36. The van der Waals surface area contributed by atoms with E-state index in [2.05, 4.69) is 19.2 Å². The zero-order valence-corrected chi connectivity index (χ0v) is 12.5. The van der Waals surface area contributed by atoms with Gasteiger partial charge in [0.1, 0.15) is 0 Å². The maximum Gasteiger partial charge on any atom is 0.322 e. The number of nitrogens with one attached hydrogen (secondary N) is 1. The smallest absolute Gasteiger partial charge is 0.322 e. The van der Waals surface area contributed by atoms with Gasteiger partial charge in [-0.3, -0.25) is 0 Å². The van der Waals surface area contributed by atoms with Gasteiger partial charge in [0.2, 0.25) is 0 Å². The highest BCUT2D eigenvalue weighted by atomic mass is 16.3. The molecule has 1 saturated heterocycles. The van der Waals surface area contributed by atoms with E-state index in [0.29, 0.717) is 0 Å². The predicted octanol–water partition coefficient (Wildman–Crippen LogP) is 3.53. The molecule has 0 radical (unpaired) electrons. The van der Waals surface area contributed by atoms with E-state index in [0.717, 1.165) is 24.1 Å². The molecule has 0 aromatic heterocycles. The molecule has 1 aromatic carbocycles. The lowest BCUT2D eigenvalue weighted by Crippen LogP contribution is -2.49. The fourth-order valence-electron chi connectivity index (χ4n) is 2.85. The van der Waals surface area contributed by atoms with Crippen molar-refractivity contribution in [1.82, 2.24) is 4.90 Å². The number of rotatable bonds is 2. The summed E-state index contributed by atoms with van der Waals surface area (Å²) in [6, 6.07) is 7.88. The number of likely N-dealkylation sites (tertiary alicyclic amines) is 1. The van der Waals surface area contributed by atoms with E-state index in [9.17, 15) is 9.90 Å². The highest BCUT2D eigenvalue weighted by Gasteiger charge is 2.28. The first-order chi connectivity index (χ1) is 9.49. The summed E-state index contributed by atoms with van der Waals surface area (Å²) in [7, 11) is 0. The van der Waals surface area contributed by atoms with Gasteiger partial charge >= 0.3 is 6.03 Å². The van der Waals surface area contributed by atoms with Crippen molar-refractivity contribution < 1.29 is 9.90 Å². The van der Waals surface area contributed by atoms with Crippen molar-refractivity contribution >= 4 is 11.7 Å². The fraction of sp³-hybridized carbons (Fsp3) is 0.562. The minimum absolute atomic E-state index is 0.0329. The molecular weight excluding hydrogens is 252 g/mol. The van der Waals surface area contributed by atoms with Gasteiger partial charge in [-0.25, -0.2) is 4.79 Å². The molecule has 4 heteroatoms. The molecule has 110 valence electrons. The van der Waals surface area contributed by atoms with Crippen LogP contribution in [0.15, 0.2) is 24.3 Å². The molecule has 1 aliphatic heterocycles. The molecule has 20 heavy (non-hydrogen) atoms. The Hall–Kier alpha value is -1.55. The molecule has 1 aliphatic rings. The SMILES string of the molecule is CC(O)c1ccc(NC(=O)N2C(C)CCCC2C)cc1. The number of urea groups is 1. The van der Waals surface area contributed by atoms with Crippen molar-refractivity contribution in [2.75, 3.05) is 5.32 Å². The summed E-state index contributed by atoms with van der Waals surface area (Å²) in [6.45, 7) is 5.93. The minimum atomic E-state index is -0.484. The maximum atomic E-state index is 12.4. The minimum Gasteiger partial charge on any atom is -0.389 e. The summed E-state index contributed by atoms with van der Waals surface area (Å²) >= 11 is 0. The molecule has 1 aromatic rings. The van der Waals surface area contributed by atoms with Gasteiger partial charge in [0.15, 0.2) is 0 Å². The van der Waals surface area contributed by atoms with Gasteiger partial charge in [-0.2, -0.15) is 0 Å². The number of hydrogen-bond acceptors (Lipinski definition) is 2. The van der Waals surface area contributed by atoms with Gasteiger partial charge in [-0.15, -0.1) is 0 Å². The molecule has 3 unspecified atom stereocenters. The summed E-state index contributed by atoms with van der Waals surface area (Å²) in [5.41, 5.74) is 1.62. The highest BCUT2D eigenvalue weighted by molar-refractivity contribution is 5.89. The number of carbonyl (C=O) groups is 1. The molecule has 3 atom stereocenters. The van der Waals surface area contributed by atoms with Crippen LogP contribution < -0.4 is 5.32 Å². The lowest BCUT2D eigenvalue weighted by molar-refractivity contribution is 0.133. The fourth-order valence-corrected chi connectivity index (χ4v) is 2.85. The zero-order chi connectivity index (χ0) is 14.7. The second-order valence-corrected chi connectivity index (χ2v) is 5.76. The van der Waals surface area contributed by atoms with Crippen molar-refractivity contribution in [3.05, 3.63) is 29.8 Å². The van der Waals surface area contributed by atoms with Crippen molar-refractivity contribution in [2.45, 2.75) is 58.2 Å². The molecule has 1 fully saturated rings. The number of amides is 2. The van der Waals surface area contributed by atoms with E-state index in [4.69, 9.17) is 0 Å². The van der Waals surface area contributed by atoms with Crippen LogP contribution in [-0.2, 0) is 0 Å². The Morgan fingerprint density at radius 1 is 1.25 bits per heavy atom. The summed E-state index contributed by atoms with van der Waals surface area (Å²) in [5, 5.41) is 12.4.